The molecule has 0 spiro atoms. The standard InChI is InChI=1S/C25H28N2O3S/c1-30-23(28)15-9-8-14-22-24-21(18-31-22)26(16-19-10-4-2-5-11-19)25(29)27(24)17-20-12-6-3-7-13-20/h2-7,10-14,21,24H,8-9,15-18H2,1H3/b22-14-/t21-,24-/m0/s1. The molecule has 2 amide bonds. The third-order valence-corrected chi connectivity index (χ3v) is 7.10. The van der Waals surface area contributed by atoms with E-state index in [1.54, 1.807) is 0 Å². The predicted molar refractivity (Wildman–Crippen MR) is 123 cm³/mol. The highest BCUT2D eigenvalue weighted by Gasteiger charge is 2.50. The lowest BCUT2D eigenvalue weighted by molar-refractivity contribution is -0.140. The summed E-state index contributed by atoms with van der Waals surface area (Å²) in [5.74, 6) is 0.725. The summed E-state index contributed by atoms with van der Waals surface area (Å²) in [4.78, 5) is 30.2. The van der Waals surface area contributed by atoms with Crippen LogP contribution in [0.5, 0.6) is 0 Å². The van der Waals surface area contributed by atoms with E-state index in [-0.39, 0.29) is 24.1 Å². The Morgan fingerprint density at radius 1 is 1.03 bits per heavy atom. The number of urea groups is 1. The molecule has 2 aliphatic rings. The molecule has 2 aliphatic heterocycles. The summed E-state index contributed by atoms with van der Waals surface area (Å²) in [6.07, 6.45) is 4.21. The van der Waals surface area contributed by atoms with E-state index in [0.29, 0.717) is 19.5 Å². The number of rotatable bonds is 8. The fraction of sp³-hybridized carbons (Fsp3) is 0.360. The molecule has 0 N–H and O–H groups in total. The third kappa shape index (κ3) is 4.96. The third-order valence-electron chi connectivity index (χ3n) is 5.85. The van der Waals surface area contributed by atoms with Crippen LogP contribution in [0.4, 0.5) is 4.79 Å². The van der Waals surface area contributed by atoms with Crippen molar-refractivity contribution in [2.75, 3.05) is 12.9 Å². The fourth-order valence-electron chi connectivity index (χ4n) is 4.28. The van der Waals surface area contributed by atoms with Gasteiger partial charge in [0.25, 0.3) is 0 Å². The number of benzene rings is 2. The van der Waals surface area contributed by atoms with Crippen LogP contribution < -0.4 is 0 Å². The van der Waals surface area contributed by atoms with Gasteiger partial charge in [0.05, 0.1) is 19.2 Å². The van der Waals surface area contributed by atoms with Gasteiger partial charge in [-0.1, -0.05) is 66.7 Å². The smallest absolute Gasteiger partial charge is 0.321 e. The van der Waals surface area contributed by atoms with Crippen molar-refractivity contribution in [1.82, 2.24) is 9.80 Å². The van der Waals surface area contributed by atoms with Crippen molar-refractivity contribution in [3.8, 4) is 0 Å². The molecule has 2 saturated heterocycles. The average molecular weight is 437 g/mol. The first-order valence-electron chi connectivity index (χ1n) is 10.7. The molecule has 2 aromatic carbocycles. The Bertz CT molecular complexity index is 932. The van der Waals surface area contributed by atoms with Crippen molar-refractivity contribution in [2.45, 2.75) is 44.4 Å². The number of carbonyl (C=O) groups excluding carboxylic acids is 2. The maximum absolute atomic E-state index is 13.5. The van der Waals surface area contributed by atoms with Gasteiger partial charge in [-0.2, -0.15) is 0 Å². The SMILES string of the molecule is COC(=O)CCC/C=C1\SC[C@H]2[C@@H]1N(Cc1ccccc1)C(=O)N2Cc1ccccc1. The number of fused-ring (bicyclic) bond motifs is 1. The van der Waals surface area contributed by atoms with E-state index in [1.165, 1.54) is 12.0 Å². The molecular formula is C25H28N2O3S. The summed E-state index contributed by atoms with van der Waals surface area (Å²) >= 11 is 1.84. The normalized spacial score (nSPS) is 21.6. The molecule has 0 aromatic heterocycles. The van der Waals surface area contributed by atoms with Gasteiger partial charge in [-0.05, 0) is 24.0 Å². The number of amides is 2. The molecule has 0 radical (unpaired) electrons. The molecule has 4 rings (SSSR count). The number of hydrogen-bond acceptors (Lipinski definition) is 4. The molecule has 5 nitrogen and oxygen atoms in total. The van der Waals surface area contributed by atoms with Gasteiger partial charge in [0.1, 0.15) is 0 Å². The molecule has 0 aliphatic carbocycles. The Morgan fingerprint density at radius 2 is 1.65 bits per heavy atom. The van der Waals surface area contributed by atoms with Crippen LogP contribution in [0.15, 0.2) is 71.6 Å². The Morgan fingerprint density at radius 3 is 2.26 bits per heavy atom. The van der Waals surface area contributed by atoms with E-state index >= 15 is 0 Å². The molecule has 2 heterocycles. The van der Waals surface area contributed by atoms with Gasteiger partial charge in [0.2, 0.25) is 0 Å². The molecule has 2 fully saturated rings. The Labute approximate surface area is 188 Å². The van der Waals surface area contributed by atoms with Crippen molar-refractivity contribution >= 4 is 23.8 Å². The summed E-state index contributed by atoms with van der Waals surface area (Å²) < 4.78 is 4.74. The van der Waals surface area contributed by atoms with Gasteiger partial charge in [0, 0.05) is 30.2 Å². The molecule has 6 heteroatoms. The van der Waals surface area contributed by atoms with Gasteiger partial charge in [-0.15, -0.1) is 11.8 Å². The second-order valence-corrected chi connectivity index (χ2v) is 9.00. The lowest BCUT2D eigenvalue weighted by atomic mass is 10.1. The Hall–Kier alpha value is -2.73. The van der Waals surface area contributed by atoms with Crippen molar-refractivity contribution < 1.29 is 14.3 Å². The predicted octanol–water partition coefficient (Wildman–Crippen LogP) is 4.84. The van der Waals surface area contributed by atoms with Crippen molar-refractivity contribution in [3.05, 3.63) is 82.8 Å². The highest BCUT2D eigenvalue weighted by Crippen LogP contribution is 2.43. The van der Waals surface area contributed by atoms with Crippen LogP contribution in [0, 0.1) is 0 Å². The van der Waals surface area contributed by atoms with Crippen LogP contribution in [0.2, 0.25) is 0 Å². The maximum atomic E-state index is 13.5. The number of ether oxygens (including phenoxy) is 1. The number of unbranched alkanes of at least 4 members (excludes halogenated alkanes) is 1. The number of thioether (sulfide) groups is 1. The highest BCUT2D eigenvalue weighted by atomic mass is 32.2. The lowest BCUT2D eigenvalue weighted by Crippen LogP contribution is -2.35. The number of allylic oxidation sites excluding steroid dienone is 1. The minimum Gasteiger partial charge on any atom is -0.469 e. The zero-order valence-electron chi connectivity index (χ0n) is 17.8. The van der Waals surface area contributed by atoms with E-state index in [1.807, 2.05) is 58.0 Å². The minimum atomic E-state index is -0.175. The molecule has 2 aromatic rings. The van der Waals surface area contributed by atoms with E-state index in [4.69, 9.17) is 4.74 Å². The Balaban J connectivity index is 1.54. The molecule has 0 bridgehead atoms. The van der Waals surface area contributed by atoms with E-state index in [2.05, 4.69) is 30.3 Å². The summed E-state index contributed by atoms with van der Waals surface area (Å²) in [6, 6.07) is 20.7. The average Bonchev–Trinajstić information content (AvgIpc) is 3.32. The number of carbonyl (C=O) groups is 2. The van der Waals surface area contributed by atoms with Crippen LogP contribution in [-0.2, 0) is 22.6 Å². The van der Waals surface area contributed by atoms with Gasteiger partial charge in [-0.3, -0.25) is 4.79 Å². The molecular weight excluding hydrogens is 408 g/mol. The highest BCUT2D eigenvalue weighted by molar-refractivity contribution is 8.03. The Kier molecular flexibility index (Phi) is 6.97. The summed E-state index contributed by atoms with van der Waals surface area (Å²) in [5.41, 5.74) is 2.29. The topological polar surface area (TPSA) is 49.9 Å². The molecule has 2 atom stereocenters. The van der Waals surface area contributed by atoms with Crippen molar-refractivity contribution in [1.29, 1.82) is 0 Å². The molecule has 0 unspecified atom stereocenters. The van der Waals surface area contributed by atoms with Crippen molar-refractivity contribution in [2.24, 2.45) is 0 Å². The monoisotopic (exact) mass is 436 g/mol. The zero-order valence-corrected chi connectivity index (χ0v) is 18.6. The number of hydrogen-bond donors (Lipinski definition) is 0. The van der Waals surface area contributed by atoms with E-state index in [0.717, 1.165) is 29.7 Å². The molecule has 0 saturated carbocycles. The van der Waals surface area contributed by atoms with Gasteiger partial charge in [-0.25, -0.2) is 4.79 Å². The van der Waals surface area contributed by atoms with Crippen LogP contribution in [-0.4, -0.2) is 46.7 Å². The summed E-state index contributed by atoms with van der Waals surface area (Å²) in [7, 11) is 1.42. The van der Waals surface area contributed by atoms with Crippen molar-refractivity contribution in [3.63, 3.8) is 0 Å². The van der Waals surface area contributed by atoms with Crippen LogP contribution >= 0.6 is 11.8 Å². The number of methoxy groups -OCH3 is 1. The van der Waals surface area contributed by atoms with E-state index < -0.39 is 0 Å². The molecule has 31 heavy (non-hydrogen) atoms. The minimum absolute atomic E-state index is 0.0690. The van der Waals surface area contributed by atoms with Crippen LogP contribution in [0.25, 0.3) is 0 Å². The second-order valence-electron chi connectivity index (χ2n) is 7.91. The quantitative estimate of drug-likeness (QED) is 0.338. The van der Waals surface area contributed by atoms with Gasteiger partial charge < -0.3 is 14.5 Å². The van der Waals surface area contributed by atoms with E-state index in [9.17, 15) is 9.59 Å². The zero-order chi connectivity index (χ0) is 21.6. The number of nitrogens with zero attached hydrogens (tertiary/aromatic N) is 2. The number of esters is 1. The lowest BCUT2D eigenvalue weighted by Gasteiger charge is -2.23. The fourth-order valence-corrected chi connectivity index (χ4v) is 5.70. The van der Waals surface area contributed by atoms with Crippen LogP contribution in [0.3, 0.4) is 0 Å². The molecule has 162 valence electrons. The summed E-state index contributed by atoms with van der Waals surface area (Å²) in [5, 5.41) is 0. The maximum Gasteiger partial charge on any atom is 0.321 e. The summed E-state index contributed by atoms with van der Waals surface area (Å²) in [6.45, 7) is 1.23. The van der Waals surface area contributed by atoms with Gasteiger partial charge in [0.15, 0.2) is 0 Å². The van der Waals surface area contributed by atoms with Gasteiger partial charge >= 0.3 is 12.0 Å². The van der Waals surface area contributed by atoms with Crippen LogP contribution in [0.1, 0.15) is 30.4 Å². The first-order valence-corrected chi connectivity index (χ1v) is 11.7. The first-order chi connectivity index (χ1) is 15.2. The first kappa shape index (κ1) is 21.5. The second kappa shape index (κ2) is 10.1. The largest absolute Gasteiger partial charge is 0.469 e.